The standard InChI is InChI=1S/C22H29NO2/c1-16-5-4-6-20(13-16)22(25)9-11-23(12-10-22)15-21(24)19-8-7-17(2)18(3)14-19/h4-8,13-14,21,24-25H,9-12,15H2,1-3H3/t21-/m0/s1. The van der Waals surface area contributed by atoms with Gasteiger partial charge in [-0.05, 0) is 55.9 Å². The van der Waals surface area contributed by atoms with Gasteiger partial charge in [0.2, 0.25) is 0 Å². The molecule has 1 saturated heterocycles. The third kappa shape index (κ3) is 4.12. The van der Waals surface area contributed by atoms with Crippen molar-refractivity contribution in [1.82, 2.24) is 4.90 Å². The van der Waals surface area contributed by atoms with Crippen LogP contribution in [0.5, 0.6) is 0 Å². The molecule has 2 aromatic rings. The highest BCUT2D eigenvalue weighted by Gasteiger charge is 2.34. The van der Waals surface area contributed by atoms with Crippen LogP contribution in [0.1, 0.15) is 46.8 Å². The van der Waals surface area contributed by atoms with E-state index in [-0.39, 0.29) is 0 Å². The van der Waals surface area contributed by atoms with Crippen LogP contribution in [0.3, 0.4) is 0 Å². The van der Waals surface area contributed by atoms with Gasteiger partial charge in [-0.15, -0.1) is 0 Å². The molecule has 1 aliphatic heterocycles. The number of aryl methyl sites for hydroxylation is 3. The lowest BCUT2D eigenvalue weighted by atomic mass is 9.83. The Morgan fingerprint density at radius 3 is 2.36 bits per heavy atom. The molecule has 0 radical (unpaired) electrons. The first-order valence-corrected chi connectivity index (χ1v) is 9.14. The van der Waals surface area contributed by atoms with Crippen molar-refractivity contribution in [3.63, 3.8) is 0 Å². The van der Waals surface area contributed by atoms with Crippen molar-refractivity contribution >= 4 is 0 Å². The van der Waals surface area contributed by atoms with Crippen LogP contribution in [-0.4, -0.2) is 34.7 Å². The fraction of sp³-hybridized carbons (Fsp3) is 0.455. The van der Waals surface area contributed by atoms with Gasteiger partial charge in [-0.1, -0.05) is 48.0 Å². The molecule has 2 N–H and O–H groups in total. The zero-order valence-electron chi connectivity index (χ0n) is 15.5. The minimum Gasteiger partial charge on any atom is -0.387 e. The summed E-state index contributed by atoms with van der Waals surface area (Å²) in [6, 6.07) is 14.3. The molecule has 1 heterocycles. The van der Waals surface area contributed by atoms with Crippen LogP contribution in [-0.2, 0) is 5.60 Å². The van der Waals surface area contributed by atoms with Crippen molar-refractivity contribution in [3.8, 4) is 0 Å². The highest BCUT2D eigenvalue weighted by molar-refractivity contribution is 5.31. The molecule has 3 nitrogen and oxygen atoms in total. The molecule has 1 atom stereocenters. The number of hydrogen-bond donors (Lipinski definition) is 2. The quantitative estimate of drug-likeness (QED) is 0.894. The second-order valence-electron chi connectivity index (χ2n) is 7.56. The van der Waals surface area contributed by atoms with Crippen molar-refractivity contribution in [2.45, 2.75) is 45.3 Å². The molecule has 1 aliphatic rings. The molecule has 25 heavy (non-hydrogen) atoms. The van der Waals surface area contributed by atoms with Crippen LogP contribution < -0.4 is 0 Å². The maximum atomic E-state index is 11.0. The third-order valence-corrected chi connectivity index (χ3v) is 5.59. The first-order chi connectivity index (χ1) is 11.9. The maximum absolute atomic E-state index is 11.0. The summed E-state index contributed by atoms with van der Waals surface area (Å²) in [6.07, 6.45) is 0.927. The molecule has 0 aromatic heterocycles. The Hall–Kier alpha value is -1.68. The first-order valence-electron chi connectivity index (χ1n) is 9.14. The summed E-state index contributed by atoms with van der Waals surface area (Å²) >= 11 is 0. The minimum absolute atomic E-state index is 0.482. The van der Waals surface area contributed by atoms with Crippen molar-refractivity contribution in [1.29, 1.82) is 0 Å². The molecule has 0 aliphatic carbocycles. The second-order valence-corrected chi connectivity index (χ2v) is 7.56. The molecule has 3 heteroatoms. The summed E-state index contributed by atoms with van der Waals surface area (Å²) in [7, 11) is 0. The fourth-order valence-electron chi connectivity index (χ4n) is 3.65. The molecule has 0 saturated carbocycles. The van der Waals surface area contributed by atoms with E-state index < -0.39 is 11.7 Å². The van der Waals surface area contributed by atoms with E-state index in [4.69, 9.17) is 0 Å². The number of aliphatic hydroxyl groups excluding tert-OH is 1. The summed E-state index contributed by atoms with van der Waals surface area (Å²) < 4.78 is 0. The zero-order valence-corrected chi connectivity index (χ0v) is 15.5. The molecular formula is C22H29NO2. The van der Waals surface area contributed by atoms with E-state index in [1.807, 2.05) is 18.2 Å². The maximum Gasteiger partial charge on any atom is 0.0921 e. The minimum atomic E-state index is -0.742. The largest absolute Gasteiger partial charge is 0.387 e. The number of piperidine rings is 1. The lowest BCUT2D eigenvalue weighted by Gasteiger charge is -2.39. The Kier molecular flexibility index (Phi) is 5.28. The molecule has 0 bridgehead atoms. The highest BCUT2D eigenvalue weighted by atomic mass is 16.3. The van der Waals surface area contributed by atoms with Crippen LogP contribution >= 0.6 is 0 Å². The van der Waals surface area contributed by atoms with Crippen molar-refractivity contribution in [2.75, 3.05) is 19.6 Å². The number of hydrogen-bond acceptors (Lipinski definition) is 3. The first kappa shape index (κ1) is 18.1. The van der Waals surface area contributed by atoms with Crippen LogP contribution in [0.2, 0.25) is 0 Å². The normalized spacial score (nSPS) is 18.9. The number of benzene rings is 2. The van der Waals surface area contributed by atoms with Gasteiger partial charge in [0.1, 0.15) is 0 Å². The average Bonchev–Trinajstić information content (AvgIpc) is 2.59. The number of nitrogens with zero attached hydrogens (tertiary/aromatic N) is 1. The van der Waals surface area contributed by atoms with E-state index >= 15 is 0 Å². The summed E-state index contributed by atoms with van der Waals surface area (Å²) in [5.41, 5.74) is 4.89. The van der Waals surface area contributed by atoms with E-state index in [0.29, 0.717) is 19.4 Å². The summed E-state index contributed by atoms with van der Waals surface area (Å²) in [5.74, 6) is 0. The molecule has 2 aromatic carbocycles. The molecule has 1 fully saturated rings. The van der Waals surface area contributed by atoms with Crippen molar-refractivity contribution in [2.24, 2.45) is 0 Å². The summed E-state index contributed by atoms with van der Waals surface area (Å²) in [5, 5.41) is 21.6. The Morgan fingerprint density at radius 2 is 1.72 bits per heavy atom. The zero-order chi connectivity index (χ0) is 18.0. The van der Waals surface area contributed by atoms with E-state index in [9.17, 15) is 10.2 Å². The molecule has 0 unspecified atom stereocenters. The van der Waals surface area contributed by atoms with Gasteiger partial charge in [0.15, 0.2) is 0 Å². The number of β-amino-alcohol motifs (C(OH)–C–C–N with tert-alkyl or cyclic N) is 1. The predicted octanol–water partition coefficient (Wildman–Crippen LogP) is 3.63. The molecule has 0 spiro atoms. The van der Waals surface area contributed by atoms with Gasteiger partial charge >= 0.3 is 0 Å². The smallest absolute Gasteiger partial charge is 0.0921 e. The van der Waals surface area contributed by atoms with Crippen LogP contribution in [0.25, 0.3) is 0 Å². The van der Waals surface area contributed by atoms with Gasteiger partial charge in [-0.2, -0.15) is 0 Å². The topological polar surface area (TPSA) is 43.7 Å². The number of aliphatic hydroxyl groups is 2. The number of likely N-dealkylation sites (tertiary alicyclic amines) is 1. The second kappa shape index (κ2) is 7.28. The summed E-state index contributed by atoms with van der Waals surface area (Å²) in [4.78, 5) is 2.25. The molecule has 134 valence electrons. The van der Waals surface area contributed by atoms with E-state index in [1.54, 1.807) is 0 Å². The van der Waals surface area contributed by atoms with Gasteiger partial charge < -0.3 is 15.1 Å². The molecule has 3 rings (SSSR count). The average molecular weight is 339 g/mol. The highest BCUT2D eigenvalue weighted by Crippen LogP contribution is 2.33. The van der Waals surface area contributed by atoms with Gasteiger partial charge in [0, 0.05) is 19.6 Å². The van der Waals surface area contributed by atoms with Crippen LogP contribution in [0.4, 0.5) is 0 Å². The SMILES string of the molecule is Cc1cccc(C2(O)CCN(C[C@H](O)c3ccc(C)c(C)c3)CC2)c1. The lowest BCUT2D eigenvalue weighted by molar-refractivity contribution is -0.0345. The number of rotatable bonds is 4. The Bertz CT molecular complexity index is 733. The predicted molar refractivity (Wildman–Crippen MR) is 102 cm³/mol. The van der Waals surface area contributed by atoms with Crippen LogP contribution in [0, 0.1) is 20.8 Å². The third-order valence-electron chi connectivity index (χ3n) is 5.59. The lowest BCUT2D eigenvalue weighted by Crippen LogP contribution is -2.44. The Balaban J connectivity index is 1.61. The van der Waals surface area contributed by atoms with Crippen molar-refractivity contribution < 1.29 is 10.2 Å². The van der Waals surface area contributed by atoms with E-state index in [1.165, 1.54) is 16.7 Å². The van der Waals surface area contributed by atoms with Gasteiger partial charge in [-0.25, -0.2) is 0 Å². The molecule has 0 amide bonds. The van der Waals surface area contributed by atoms with Gasteiger partial charge in [0.25, 0.3) is 0 Å². The van der Waals surface area contributed by atoms with Crippen molar-refractivity contribution in [3.05, 3.63) is 70.3 Å². The van der Waals surface area contributed by atoms with E-state index in [2.05, 4.69) is 49.9 Å². The monoisotopic (exact) mass is 339 g/mol. The van der Waals surface area contributed by atoms with Gasteiger partial charge in [-0.3, -0.25) is 0 Å². The Labute approximate surface area is 150 Å². The van der Waals surface area contributed by atoms with Gasteiger partial charge in [0.05, 0.1) is 11.7 Å². The summed E-state index contributed by atoms with van der Waals surface area (Å²) in [6.45, 7) is 8.43. The van der Waals surface area contributed by atoms with Crippen LogP contribution in [0.15, 0.2) is 42.5 Å². The Morgan fingerprint density at radius 1 is 1.00 bits per heavy atom. The fourth-order valence-corrected chi connectivity index (χ4v) is 3.65. The molecular weight excluding hydrogens is 310 g/mol. The van der Waals surface area contributed by atoms with E-state index in [0.717, 1.165) is 24.2 Å².